The molecule has 0 aromatic carbocycles. The molecule has 24 heavy (non-hydrogen) atoms. The van der Waals surface area contributed by atoms with Gasteiger partial charge in [-0.3, -0.25) is 4.40 Å². The van der Waals surface area contributed by atoms with Crippen LogP contribution < -0.4 is 4.90 Å². The number of amides is 1. The van der Waals surface area contributed by atoms with Gasteiger partial charge in [0.1, 0.15) is 17.1 Å². The molecule has 2 aromatic heterocycles. The third kappa shape index (κ3) is 3.46. The number of imidazole rings is 1. The van der Waals surface area contributed by atoms with Gasteiger partial charge in [0.15, 0.2) is 0 Å². The molecule has 0 bridgehead atoms. The van der Waals surface area contributed by atoms with E-state index in [1.807, 2.05) is 49.6 Å². The molecular weight excluding hydrogens is 308 g/mol. The molecule has 0 unspecified atom stereocenters. The average Bonchev–Trinajstić information content (AvgIpc) is 2.96. The Bertz CT molecular complexity index is 727. The van der Waals surface area contributed by atoms with E-state index < -0.39 is 5.60 Å². The molecule has 1 amide bonds. The summed E-state index contributed by atoms with van der Waals surface area (Å²) >= 11 is 0. The van der Waals surface area contributed by atoms with Crippen molar-refractivity contribution in [3.8, 4) is 0 Å². The minimum atomic E-state index is -0.475. The van der Waals surface area contributed by atoms with Crippen LogP contribution in [0.15, 0.2) is 24.4 Å². The lowest BCUT2D eigenvalue weighted by Crippen LogP contribution is -2.50. The quantitative estimate of drug-likeness (QED) is 0.909. The van der Waals surface area contributed by atoms with Crippen molar-refractivity contribution in [3.05, 3.63) is 30.1 Å². The summed E-state index contributed by atoms with van der Waals surface area (Å²) in [7, 11) is 0. The standard InChI is InChI=1S/C17H24N4O3/c1-17(2,3)24-16(23)20-9-7-19(8-10-20)15-6-4-5-14-18-13(12-22)11-21(14)15/h4-6,11,22H,7-10,12H2,1-3H3. The van der Waals surface area contributed by atoms with Crippen molar-refractivity contribution in [2.45, 2.75) is 33.0 Å². The number of hydrogen-bond donors (Lipinski definition) is 1. The van der Waals surface area contributed by atoms with Crippen LogP contribution in [0.1, 0.15) is 26.5 Å². The maximum atomic E-state index is 12.2. The van der Waals surface area contributed by atoms with Crippen LogP contribution in [0.4, 0.5) is 10.6 Å². The predicted molar refractivity (Wildman–Crippen MR) is 91.1 cm³/mol. The minimum Gasteiger partial charge on any atom is -0.444 e. The summed E-state index contributed by atoms with van der Waals surface area (Å²) in [5, 5.41) is 9.28. The van der Waals surface area contributed by atoms with E-state index in [1.54, 1.807) is 4.90 Å². The van der Waals surface area contributed by atoms with Crippen LogP contribution >= 0.6 is 0 Å². The zero-order valence-electron chi connectivity index (χ0n) is 14.4. The number of fused-ring (bicyclic) bond motifs is 1. The number of piperazine rings is 1. The molecule has 1 saturated heterocycles. The number of aromatic nitrogens is 2. The lowest BCUT2D eigenvalue weighted by atomic mass is 10.2. The van der Waals surface area contributed by atoms with E-state index in [0.717, 1.165) is 24.6 Å². The van der Waals surface area contributed by atoms with E-state index in [-0.39, 0.29) is 12.7 Å². The molecule has 1 aliphatic rings. The van der Waals surface area contributed by atoms with Crippen LogP contribution in [0.2, 0.25) is 0 Å². The fraction of sp³-hybridized carbons (Fsp3) is 0.529. The zero-order valence-corrected chi connectivity index (χ0v) is 14.4. The van der Waals surface area contributed by atoms with Gasteiger partial charge in [-0.1, -0.05) is 6.07 Å². The summed E-state index contributed by atoms with van der Waals surface area (Å²) in [5.41, 5.74) is 0.984. The molecule has 0 spiro atoms. The van der Waals surface area contributed by atoms with E-state index in [2.05, 4.69) is 9.88 Å². The summed E-state index contributed by atoms with van der Waals surface area (Å²) in [6, 6.07) is 5.90. The lowest BCUT2D eigenvalue weighted by Gasteiger charge is -2.36. The maximum absolute atomic E-state index is 12.2. The van der Waals surface area contributed by atoms with Gasteiger partial charge in [-0.15, -0.1) is 0 Å². The molecule has 1 aliphatic heterocycles. The largest absolute Gasteiger partial charge is 0.444 e. The van der Waals surface area contributed by atoms with Gasteiger partial charge in [0, 0.05) is 32.4 Å². The predicted octanol–water partition coefficient (Wildman–Crippen LogP) is 1.88. The normalized spacial score (nSPS) is 15.8. The van der Waals surface area contributed by atoms with E-state index in [1.165, 1.54) is 0 Å². The fourth-order valence-electron chi connectivity index (χ4n) is 2.83. The highest BCUT2D eigenvalue weighted by Gasteiger charge is 2.26. The monoisotopic (exact) mass is 332 g/mol. The molecule has 0 aliphatic carbocycles. The first-order valence-electron chi connectivity index (χ1n) is 8.18. The van der Waals surface area contributed by atoms with Gasteiger partial charge < -0.3 is 19.6 Å². The van der Waals surface area contributed by atoms with Crippen molar-refractivity contribution >= 4 is 17.6 Å². The first-order valence-corrected chi connectivity index (χ1v) is 8.18. The lowest BCUT2D eigenvalue weighted by molar-refractivity contribution is 0.0240. The Labute approximate surface area is 141 Å². The van der Waals surface area contributed by atoms with Crippen LogP contribution in [-0.2, 0) is 11.3 Å². The number of anilines is 1. The van der Waals surface area contributed by atoms with Crippen molar-refractivity contribution in [2.75, 3.05) is 31.1 Å². The summed E-state index contributed by atoms with van der Waals surface area (Å²) in [4.78, 5) is 20.5. The highest BCUT2D eigenvalue weighted by Crippen LogP contribution is 2.20. The van der Waals surface area contributed by atoms with Crippen molar-refractivity contribution in [3.63, 3.8) is 0 Å². The molecular formula is C17H24N4O3. The second-order valence-corrected chi connectivity index (χ2v) is 6.96. The summed E-state index contributed by atoms with van der Waals surface area (Å²) in [6.45, 7) is 8.24. The molecule has 3 rings (SSSR count). The Morgan fingerprint density at radius 1 is 1.25 bits per heavy atom. The van der Waals surface area contributed by atoms with Crippen molar-refractivity contribution in [1.29, 1.82) is 0 Å². The topological polar surface area (TPSA) is 70.3 Å². The Morgan fingerprint density at radius 3 is 2.58 bits per heavy atom. The number of carbonyl (C=O) groups is 1. The van der Waals surface area contributed by atoms with Crippen molar-refractivity contribution < 1.29 is 14.6 Å². The summed E-state index contributed by atoms with van der Waals surface area (Å²) in [5.74, 6) is 1.02. The molecule has 7 nitrogen and oxygen atoms in total. The van der Waals surface area contributed by atoms with Gasteiger partial charge in [-0.25, -0.2) is 9.78 Å². The van der Waals surface area contributed by atoms with Crippen LogP contribution in [0.25, 0.3) is 5.65 Å². The van der Waals surface area contributed by atoms with E-state index >= 15 is 0 Å². The van der Waals surface area contributed by atoms with Gasteiger partial charge in [-0.2, -0.15) is 0 Å². The maximum Gasteiger partial charge on any atom is 0.410 e. The number of pyridine rings is 1. The van der Waals surface area contributed by atoms with Gasteiger partial charge in [0.25, 0.3) is 0 Å². The Hall–Kier alpha value is -2.28. The fourth-order valence-corrected chi connectivity index (χ4v) is 2.83. The van der Waals surface area contributed by atoms with E-state index in [9.17, 15) is 9.90 Å². The number of aliphatic hydroxyl groups excluding tert-OH is 1. The van der Waals surface area contributed by atoms with Crippen LogP contribution in [0, 0.1) is 0 Å². The van der Waals surface area contributed by atoms with Crippen molar-refractivity contribution in [2.24, 2.45) is 0 Å². The molecule has 1 fully saturated rings. The van der Waals surface area contributed by atoms with Crippen molar-refractivity contribution in [1.82, 2.24) is 14.3 Å². The summed E-state index contributed by atoms with van der Waals surface area (Å²) < 4.78 is 7.41. The van der Waals surface area contributed by atoms with Crippen LogP contribution in [0.5, 0.6) is 0 Å². The SMILES string of the molecule is CC(C)(C)OC(=O)N1CCN(c2cccc3nc(CO)cn23)CC1. The highest BCUT2D eigenvalue weighted by atomic mass is 16.6. The highest BCUT2D eigenvalue weighted by molar-refractivity contribution is 5.68. The minimum absolute atomic E-state index is 0.0759. The molecule has 0 saturated carbocycles. The zero-order chi connectivity index (χ0) is 17.3. The van der Waals surface area contributed by atoms with Gasteiger partial charge in [0.05, 0.1) is 12.3 Å². The number of carbonyl (C=O) groups excluding carboxylic acids is 1. The Morgan fingerprint density at radius 2 is 1.96 bits per heavy atom. The number of ether oxygens (including phenoxy) is 1. The van der Waals surface area contributed by atoms with Gasteiger partial charge in [0.2, 0.25) is 0 Å². The molecule has 1 N–H and O–H groups in total. The summed E-state index contributed by atoms with van der Waals surface area (Å²) in [6.07, 6.45) is 1.59. The van der Waals surface area contributed by atoms with E-state index in [4.69, 9.17) is 4.74 Å². The third-order valence-electron chi connectivity index (χ3n) is 3.94. The first-order chi connectivity index (χ1) is 11.4. The Kier molecular flexibility index (Phi) is 4.36. The molecule has 7 heteroatoms. The van der Waals surface area contributed by atoms with E-state index in [0.29, 0.717) is 18.8 Å². The molecule has 130 valence electrons. The molecule has 3 heterocycles. The molecule has 2 aromatic rings. The smallest absolute Gasteiger partial charge is 0.410 e. The number of rotatable bonds is 2. The number of aliphatic hydroxyl groups is 1. The Balaban J connectivity index is 1.71. The third-order valence-corrected chi connectivity index (χ3v) is 3.94. The first kappa shape index (κ1) is 16.6. The van der Waals surface area contributed by atoms with Crippen LogP contribution in [0.3, 0.4) is 0 Å². The van der Waals surface area contributed by atoms with Gasteiger partial charge in [-0.05, 0) is 32.9 Å². The number of hydrogen-bond acceptors (Lipinski definition) is 5. The molecule has 0 radical (unpaired) electrons. The van der Waals surface area contributed by atoms with Gasteiger partial charge >= 0.3 is 6.09 Å². The average molecular weight is 332 g/mol. The second-order valence-electron chi connectivity index (χ2n) is 6.96. The van der Waals surface area contributed by atoms with Crippen LogP contribution in [-0.4, -0.2) is 57.3 Å². The number of nitrogens with zero attached hydrogens (tertiary/aromatic N) is 4. The second kappa shape index (κ2) is 6.32. The molecule has 0 atom stereocenters.